The van der Waals surface area contributed by atoms with Crippen LogP contribution < -0.4 is 5.32 Å². The van der Waals surface area contributed by atoms with Gasteiger partial charge in [-0.15, -0.1) is 11.6 Å². The first-order valence-corrected chi connectivity index (χ1v) is 6.28. The van der Waals surface area contributed by atoms with E-state index >= 15 is 0 Å². The molecule has 0 aliphatic heterocycles. The lowest BCUT2D eigenvalue weighted by Gasteiger charge is -2.19. The number of rotatable bonds is 6. The summed E-state index contributed by atoms with van der Waals surface area (Å²) in [5, 5.41) is 3.32. The molecule has 90 valence electrons. The highest BCUT2D eigenvalue weighted by Crippen LogP contribution is 2.18. The maximum absolute atomic E-state index is 6.32. The van der Waals surface area contributed by atoms with E-state index in [0.717, 1.165) is 25.1 Å². The second-order valence-corrected chi connectivity index (χ2v) is 4.56. The third-order valence-electron chi connectivity index (χ3n) is 2.81. The van der Waals surface area contributed by atoms with Gasteiger partial charge < -0.3 is 5.32 Å². The SMILES string of the molecule is CCC(CC)C(Cl)CNc1nccc(C)n1. The van der Waals surface area contributed by atoms with Gasteiger partial charge in [0.05, 0.1) is 5.38 Å². The number of halogens is 1. The molecule has 0 spiro atoms. The largest absolute Gasteiger partial charge is 0.353 e. The predicted molar refractivity (Wildman–Crippen MR) is 69.0 cm³/mol. The first-order chi connectivity index (χ1) is 7.67. The van der Waals surface area contributed by atoms with Gasteiger partial charge in [-0.1, -0.05) is 26.7 Å². The van der Waals surface area contributed by atoms with Crippen LogP contribution in [0.25, 0.3) is 0 Å². The quantitative estimate of drug-likeness (QED) is 0.777. The van der Waals surface area contributed by atoms with Crippen LogP contribution in [-0.4, -0.2) is 21.9 Å². The molecule has 1 N–H and O–H groups in total. The fourth-order valence-electron chi connectivity index (χ4n) is 1.69. The van der Waals surface area contributed by atoms with E-state index in [2.05, 4.69) is 29.1 Å². The highest BCUT2D eigenvalue weighted by molar-refractivity contribution is 6.21. The van der Waals surface area contributed by atoms with Gasteiger partial charge in [0.1, 0.15) is 0 Å². The van der Waals surface area contributed by atoms with Gasteiger partial charge in [0.15, 0.2) is 0 Å². The molecular weight excluding hydrogens is 222 g/mol. The molecule has 0 radical (unpaired) electrons. The molecule has 16 heavy (non-hydrogen) atoms. The molecule has 0 saturated heterocycles. The van der Waals surface area contributed by atoms with Gasteiger partial charge in [-0.2, -0.15) is 0 Å². The van der Waals surface area contributed by atoms with Crippen LogP contribution in [0.15, 0.2) is 12.3 Å². The summed E-state index contributed by atoms with van der Waals surface area (Å²) in [5.41, 5.74) is 0.964. The summed E-state index contributed by atoms with van der Waals surface area (Å²) in [6.45, 7) is 7.02. The van der Waals surface area contributed by atoms with Crippen molar-refractivity contribution in [2.45, 2.75) is 39.0 Å². The van der Waals surface area contributed by atoms with Crippen LogP contribution in [0.3, 0.4) is 0 Å². The molecule has 0 aliphatic rings. The molecular formula is C12H20ClN3. The minimum atomic E-state index is 0.138. The molecule has 0 amide bonds. The highest BCUT2D eigenvalue weighted by atomic mass is 35.5. The summed E-state index contributed by atoms with van der Waals surface area (Å²) in [5.74, 6) is 1.22. The zero-order chi connectivity index (χ0) is 12.0. The summed E-state index contributed by atoms with van der Waals surface area (Å²) in [4.78, 5) is 8.42. The number of aryl methyl sites for hydroxylation is 1. The highest BCUT2D eigenvalue weighted by Gasteiger charge is 2.15. The normalized spacial score (nSPS) is 12.8. The van der Waals surface area contributed by atoms with Crippen LogP contribution in [0, 0.1) is 12.8 Å². The number of alkyl halides is 1. The van der Waals surface area contributed by atoms with Gasteiger partial charge >= 0.3 is 0 Å². The van der Waals surface area contributed by atoms with E-state index in [0.29, 0.717) is 11.9 Å². The van der Waals surface area contributed by atoms with E-state index in [1.54, 1.807) is 6.20 Å². The molecule has 1 heterocycles. The van der Waals surface area contributed by atoms with Crippen LogP contribution in [-0.2, 0) is 0 Å². The van der Waals surface area contributed by atoms with Crippen molar-refractivity contribution in [2.24, 2.45) is 5.92 Å². The third-order valence-corrected chi connectivity index (χ3v) is 3.32. The Morgan fingerprint density at radius 1 is 1.38 bits per heavy atom. The van der Waals surface area contributed by atoms with Crippen molar-refractivity contribution in [2.75, 3.05) is 11.9 Å². The maximum Gasteiger partial charge on any atom is 0.222 e. The number of anilines is 1. The van der Waals surface area contributed by atoms with Gasteiger partial charge in [-0.05, 0) is 18.9 Å². The van der Waals surface area contributed by atoms with Crippen LogP contribution >= 0.6 is 11.6 Å². The van der Waals surface area contributed by atoms with Crippen LogP contribution in [0.1, 0.15) is 32.4 Å². The van der Waals surface area contributed by atoms with Crippen molar-refractivity contribution >= 4 is 17.5 Å². The molecule has 0 aliphatic carbocycles. The van der Waals surface area contributed by atoms with Crippen molar-refractivity contribution in [3.63, 3.8) is 0 Å². The van der Waals surface area contributed by atoms with Gasteiger partial charge in [0.25, 0.3) is 0 Å². The Morgan fingerprint density at radius 3 is 2.62 bits per heavy atom. The molecule has 0 aromatic carbocycles. The number of hydrogen-bond acceptors (Lipinski definition) is 3. The first-order valence-electron chi connectivity index (χ1n) is 5.85. The molecule has 1 unspecified atom stereocenters. The van der Waals surface area contributed by atoms with Crippen molar-refractivity contribution in [1.29, 1.82) is 0 Å². The molecule has 0 bridgehead atoms. The Kier molecular flexibility index (Phi) is 5.53. The molecule has 0 fully saturated rings. The maximum atomic E-state index is 6.32. The van der Waals surface area contributed by atoms with Crippen LogP contribution in [0.5, 0.6) is 0 Å². The van der Waals surface area contributed by atoms with Crippen LogP contribution in [0.4, 0.5) is 5.95 Å². The van der Waals surface area contributed by atoms with Crippen molar-refractivity contribution in [1.82, 2.24) is 9.97 Å². The molecule has 0 saturated carbocycles. The lowest BCUT2D eigenvalue weighted by Crippen LogP contribution is -2.23. The van der Waals surface area contributed by atoms with Gasteiger partial charge in [-0.25, -0.2) is 9.97 Å². The average molecular weight is 242 g/mol. The summed E-state index contributed by atoms with van der Waals surface area (Å²) in [6.07, 6.45) is 3.98. The van der Waals surface area contributed by atoms with Crippen molar-refractivity contribution in [3.8, 4) is 0 Å². The predicted octanol–water partition coefficient (Wildman–Crippen LogP) is 3.24. The Morgan fingerprint density at radius 2 is 2.06 bits per heavy atom. The Bertz CT molecular complexity index is 313. The van der Waals surface area contributed by atoms with Gasteiger partial charge in [-0.3, -0.25) is 0 Å². The standard InChI is InChI=1S/C12H20ClN3/c1-4-10(5-2)11(13)8-15-12-14-7-6-9(3)16-12/h6-7,10-11H,4-5,8H2,1-3H3,(H,14,15,16). The summed E-state index contributed by atoms with van der Waals surface area (Å²) in [7, 11) is 0. The zero-order valence-corrected chi connectivity index (χ0v) is 11.0. The lowest BCUT2D eigenvalue weighted by atomic mass is 9.99. The minimum Gasteiger partial charge on any atom is -0.353 e. The molecule has 3 nitrogen and oxygen atoms in total. The number of nitrogens with zero attached hydrogens (tertiary/aromatic N) is 2. The second-order valence-electron chi connectivity index (χ2n) is 4.00. The van der Waals surface area contributed by atoms with Gasteiger partial charge in [0.2, 0.25) is 5.95 Å². The van der Waals surface area contributed by atoms with Crippen molar-refractivity contribution < 1.29 is 0 Å². The molecule has 4 heteroatoms. The summed E-state index contributed by atoms with van der Waals surface area (Å²) < 4.78 is 0. The average Bonchev–Trinajstić information content (AvgIpc) is 2.28. The van der Waals surface area contributed by atoms with Crippen molar-refractivity contribution in [3.05, 3.63) is 18.0 Å². The lowest BCUT2D eigenvalue weighted by molar-refractivity contribution is 0.475. The zero-order valence-electron chi connectivity index (χ0n) is 10.2. The molecule has 1 atom stereocenters. The molecule has 1 aromatic rings. The fraction of sp³-hybridized carbons (Fsp3) is 0.667. The molecule has 1 rings (SSSR count). The Balaban J connectivity index is 2.45. The summed E-state index contributed by atoms with van der Waals surface area (Å²) in [6, 6.07) is 1.88. The number of hydrogen-bond donors (Lipinski definition) is 1. The van der Waals surface area contributed by atoms with E-state index in [9.17, 15) is 0 Å². The van der Waals surface area contributed by atoms with E-state index in [4.69, 9.17) is 11.6 Å². The third kappa shape index (κ3) is 3.97. The first kappa shape index (κ1) is 13.2. The fourth-order valence-corrected chi connectivity index (χ4v) is 2.12. The van der Waals surface area contributed by atoms with E-state index < -0.39 is 0 Å². The monoisotopic (exact) mass is 241 g/mol. The van der Waals surface area contributed by atoms with E-state index in [-0.39, 0.29) is 5.38 Å². The Hall–Kier alpha value is -0.830. The topological polar surface area (TPSA) is 37.8 Å². The van der Waals surface area contributed by atoms with Crippen LogP contribution in [0.2, 0.25) is 0 Å². The summed E-state index contributed by atoms with van der Waals surface area (Å²) >= 11 is 6.32. The smallest absolute Gasteiger partial charge is 0.222 e. The Labute approximate surface area is 103 Å². The minimum absolute atomic E-state index is 0.138. The van der Waals surface area contributed by atoms with E-state index in [1.807, 2.05) is 13.0 Å². The van der Waals surface area contributed by atoms with E-state index in [1.165, 1.54) is 0 Å². The number of aromatic nitrogens is 2. The molecule has 1 aromatic heterocycles. The number of nitrogens with one attached hydrogen (secondary N) is 1. The second kappa shape index (κ2) is 6.69. The van der Waals surface area contributed by atoms with Gasteiger partial charge in [0, 0.05) is 18.4 Å².